The lowest BCUT2D eigenvalue weighted by molar-refractivity contribution is 0.161. The molecule has 7 heteroatoms. The Morgan fingerprint density at radius 3 is 2.67 bits per heavy atom. The molecule has 0 saturated carbocycles. The fraction of sp³-hybridized carbons (Fsp3) is 0.348. The van der Waals surface area contributed by atoms with Crippen molar-refractivity contribution >= 4 is 16.9 Å². The molecule has 3 saturated heterocycles. The Kier molecular flexibility index (Phi) is 4.08. The summed E-state index contributed by atoms with van der Waals surface area (Å²) in [5.74, 6) is 0.992. The van der Waals surface area contributed by atoms with Gasteiger partial charge in [-0.3, -0.25) is 0 Å². The maximum absolute atomic E-state index is 9.81. The highest BCUT2D eigenvalue weighted by atomic mass is 16.5. The van der Waals surface area contributed by atoms with Gasteiger partial charge in [-0.2, -0.15) is 10.4 Å². The van der Waals surface area contributed by atoms with Gasteiger partial charge in [-0.1, -0.05) is 12.1 Å². The molecular weight excluding hydrogens is 376 g/mol. The van der Waals surface area contributed by atoms with Gasteiger partial charge in [0.05, 0.1) is 18.7 Å². The van der Waals surface area contributed by atoms with Crippen LogP contribution in [0.25, 0.3) is 22.3 Å². The van der Waals surface area contributed by atoms with Crippen molar-refractivity contribution in [3.63, 3.8) is 0 Å². The van der Waals surface area contributed by atoms with Gasteiger partial charge in [0.1, 0.15) is 23.1 Å². The van der Waals surface area contributed by atoms with E-state index in [2.05, 4.69) is 33.4 Å². The molecule has 0 aromatic carbocycles. The largest absolute Gasteiger partial charge is 0.377 e. The van der Waals surface area contributed by atoms with Gasteiger partial charge in [0.25, 0.3) is 0 Å². The number of aromatic nitrogens is 3. The third-order valence-electron chi connectivity index (χ3n) is 6.34. The average Bonchev–Trinajstić information content (AvgIpc) is 3.17. The molecule has 7 rings (SSSR count). The minimum Gasteiger partial charge on any atom is -0.377 e. The zero-order valence-electron chi connectivity index (χ0n) is 16.6. The van der Waals surface area contributed by atoms with Crippen molar-refractivity contribution in [2.75, 3.05) is 31.2 Å². The molecule has 30 heavy (non-hydrogen) atoms. The van der Waals surface area contributed by atoms with Gasteiger partial charge in [-0.25, -0.2) is 9.50 Å². The second kappa shape index (κ2) is 6.94. The van der Waals surface area contributed by atoms with Gasteiger partial charge >= 0.3 is 0 Å². The molecule has 2 bridgehead atoms. The summed E-state index contributed by atoms with van der Waals surface area (Å²) in [6.07, 6.45) is 8.12. The van der Waals surface area contributed by atoms with Crippen LogP contribution in [0.2, 0.25) is 0 Å². The van der Waals surface area contributed by atoms with E-state index in [0.717, 1.165) is 48.6 Å². The summed E-state index contributed by atoms with van der Waals surface area (Å²) in [7, 11) is 0. The van der Waals surface area contributed by atoms with Crippen LogP contribution < -0.4 is 10.2 Å². The molecule has 3 fully saturated rings. The van der Waals surface area contributed by atoms with Gasteiger partial charge in [0, 0.05) is 43.1 Å². The summed E-state index contributed by atoms with van der Waals surface area (Å²) >= 11 is 0. The fourth-order valence-electron chi connectivity index (χ4n) is 4.75. The van der Waals surface area contributed by atoms with Crippen LogP contribution in [0.15, 0.2) is 42.7 Å². The van der Waals surface area contributed by atoms with Crippen LogP contribution in [-0.2, 0) is 4.74 Å². The van der Waals surface area contributed by atoms with E-state index < -0.39 is 0 Å². The molecule has 1 N–H and O–H groups in total. The highest BCUT2D eigenvalue weighted by Gasteiger charge is 2.36. The fourth-order valence-corrected chi connectivity index (χ4v) is 4.75. The van der Waals surface area contributed by atoms with E-state index in [9.17, 15) is 5.26 Å². The van der Waals surface area contributed by atoms with Gasteiger partial charge < -0.3 is 15.0 Å². The molecule has 4 aliphatic rings. The Morgan fingerprint density at radius 1 is 1.13 bits per heavy atom. The lowest BCUT2D eigenvalue weighted by Gasteiger charge is -2.48. The molecule has 2 atom stereocenters. The Hall–Kier alpha value is -3.21. The van der Waals surface area contributed by atoms with Gasteiger partial charge in [-0.15, -0.1) is 0 Å². The quantitative estimate of drug-likeness (QED) is 0.731. The number of hydrogen-bond acceptors (Lipinski definition) is 6. The predicted molar refractivity (Wildman–Crippen MR) is 114 cm³/mol. The van der Waals surface area contributed by atoms with E-state index in [1.54, 1.807) is 0 Å². The van der Waals surface area contributed by atoms with Crippen LogP contribution in [0.4, 0.5) is 5.82 Å². The zero-order chi connectivity index (χ0) is 20.1. The summed E-state index contributed by atoms with van der Waals surface area (Å²) in [5.41, 5.74) is 5.33. The van der Waals surface area contributed by atoms with Crippen LogP contribution >= 0.6 is 0 Å². The monoisotopic (exact) mass is 398 g/mol. The molecule has 4 aliphatic heterocycles. The van der Waals surface area contributed by atoms with Crippen molar-refractivity contribution in [3.8, 4) is 17.3 Å². The summed E-state index contributed by atoms with van der Waals surface area (Å²) in [4.78, 5) is 7.02. The number of piperidine rings is 1. The molecular formula is C23H22N6O. The maximum atomic E-state index is 9.81. The van der Waals surface area contributed by atoms with E-state index >= 15 is 0 Å². The van der Waals surface area contributed by atoms with Crippen LogP contribution in [0.1, 0.15) is 24.0 Å². The van der Waals surface area contributed by atoms with Crippen molar-refractivity contribution in [1.29, 1.82) is 5.26 Å². The Balaban J connectivity index is 1.34. The van der Waals surface area contributed by atoms with E-state index in [1.807, 2.05) is 35.1 Å². The topological polar surface area (TPSA) is 78.5 Å². The first-order chi connectivity index (χ1) is 14.8. The summed E-state index contributed by atoms with van der Waals surface area (Å²) in [5, 5.41) is 18.1. The lowest BCUT2D eigenvalue weighted by atomic mass is 9.91. The molecule has 0 aliphatic carbocycles. The first-order valence-corrected chi connectivity index (χ1v) is 10.5. The van der Waals surface area contributed by atoms with E-state index in [4.69, 9.17) is 9.84 Å². The number of nitrogens with one attached hydrogen (secondary N) is 1. The van der Waals surface area contributed by atoms with Crippen molar-refractivity contribution in [3.05, 3.63) is 53.9 Å². The minimum absolute atomic E-state index is 0.584. The summed E-state index contributed by atoms with van der Waals surface area (Å²) in [6, 6.07) is 11.6. The van der Waals surface area contributed by atoms with E-state index in [-0.39, 0.29) is 0 Å². The lowest BCUT2D eigenvalue weighted by Crippen LogP contribution is -2.67. The van der Waals surface area contributed by atoms with Gasteiger partial charge in [0.15, 0.2) is 0 Å². The molecule has 7 nitrogen and oxygen atoms in total. The first kappa shape index (κ1) is 17.6. The maximum Gasteiger partial charge on any atom is 0.128 e. The molecule has 3 aromatic rings. The molecule has 2 unspecified atom stereocenters. The number of nitrogens with zero attached hydrogens (tertiary/aromatic N) is 5. The highest BCUT2D eigenvalue weighted by Crippen LogP contribution is 2.30. The summed E-state index contributed by atoms with van der Waals surface area (Å²) < 4.78 is 7.23. The van der Waals surface area contributed by atoms with Crippen molar-refractivity contribution in [2.24, 2.45) is 0 Å². The molecule has 0 spiro atoms. The van der Waals surface area contributed by atoms with Gasteiger partial charge in [-0.05, 0) is 42.2 Å². The van der Waals surface area contributed by atoms with Crippen LogP contribution in [-0.4, -0.2) is 53.0 Å². The molecule has 150 valence electrons. The number of nitriles is 1. The number of rotatable bonds is 3. The molecule has 0 amide bonds. The smallest absolute Gasteiger partial charge is 0.128 e. The Morgan fingerprint density at radius 2 is 1.97 bits per heavy atom. The Labute approximate surface area is 174 Å². The zero-order valence-corrected chi connectivity index (χ0v) is 16.6. The number of piperazine rings is 1. The SMILES string of the molecule is N#Cc1c(-c2ccc(N3CC4CC(C3)N4)nc2)nn2cc(C3=CCOCC3)ccc12. The van der Waals surface area contributed by atoms with Crippen LogP contribution in [0.5, 0.6) is 0 Å². The standard InChI is InChI=1S/C23H22N6O/c24-10-20-21-3-1-17(15-5-7-30-8-6-15)12-29(21)27-23(20)16-2-4-22(25-11-16)28-13-18-9-19(14-28)26-18/h1-5,11-12,18-19,26H,6-9,13-14H2. The van der Waals surface area contributed by atoms with Gasteiger partial charge in [0.2, 0.25) is 0 Å². The Bertz CT molecular complexity index is 1170. The van der Waals surface area contributed by atoms with Crippen molar-refractivity contribution in [1.82, 2.24) is 19.9 Å². The van der Waals surface area contributed by atoms with E-state index in [1.165, 1.54) is 12.0 Å². The molecule has 0 radical (unpaired) electrons. The van der Waals surface area contributed by atoms with Crippen LogP contribution in [0.3, 0.4) is 0 Å². The van der Waals surface area contributed by atoms with Crippen molar-refractivity contribution < 1.29 is 4.74 Å². The molecule has 3 aromatic heterocycles. The second-order valence-electron chi connectivity index (χ2n) is 8.24. The highest BCUT2D eigenvalue weighted by molar-refractivity contribution is 5.78. The van der Waals surface area contributed by atoms with Crippen LogP contribution in [0, 0.1) is 11.3 Å². The number of hydrogen-bond donors (Lipinski definition) is 1. The minimum atomic E-state index is 0.584. The first-order valence-electron chi connectivity index (χ1n) is 10.5. The average molecular weight is 398 g/mol. The summed E-state index contributed by atoms with van der Waals surface area (Å²) in [6.45, 7) is 3.40. The predicted octanol–water partition coefficient (Wildman–Crippen LogP) is 2.62. The number of pyridine rings is 2. The third kappa shape index (κ3) is 2.88. The van der Waals surface area contributed by atoms with Crippen molar-refractivity contribution in [2.45, 2.75) is 24.9 Å². The number of ether oxygens (including phenoxy) is 1. The number of fused-ring (bicyclic) bond motifs is 3. The second-order valence-corrected chi connectivity index (χ2v) is 8.24. The number of anilines is 1. The third-order valence-corrected chi connectivity index (χ3v) is 6.34. The molecule has 7 heterocycles. The van der Waals surface area contributed by atoms with E-state index in [0.29, 0.717) is 29.9 Å². The normalized spacial score (nSPS) is 23.0.